The standard InChI is InChI=1S/C10H13FO3Si/c1-15(2,3)14-9-6-7(11)4-5-8(9)10(12)13/h4-6H,1-3H3,(H,12,13). The maximum Gasteiger partial charge on any atom is 0.339 e. The molecule has 0 aliphatic heterocycles. The first-order valence-electron chi connectivity index (χ1n) is 4.51. The lowest BCUT2D eigenvalue weighted by molar-refractivity contribution is 0.0695. The van der Waals surface area contributed by atoms with Crippen LogP contribution in [0.1, 0.15) is 10.4 Å². The van der Waals surface area contributed by atoms with E-state index in [-0.39, 0.29) is 11.3 Å². The van der Waals surface area contributed by atoms with E-state index >= 15 is 0 Å². The van der Waals surface area contributed by atoms with Crippen molar-refractivity contribution in [2.75, 3.05) is 0 Å². The van der Waals surface area contributed by atoms with Gasteiger partial charge in [0.05, 0.1) is 0 Å². The number of carboxylic acids is 1. The SMILES string of the molecule is C[Si](C)(C)Oc1cc(F)ccc1C(=O)O. The molecule has 1 aromatic carbocycles. The van der Waals surface area contributed by atoms with Gasteiger partial charge in [-0.1, -0.05) is 0 Å². The Labute approximate surface area is 88.6 Å². The molecule has 1 aromatic rings. The Balaban J connectivity index is 3.13. The van der Waals surface area contributed by atoms with E-state index in [4.69, 9.17) is 9.53 Å². The monoisotopic (exact) mass is 228 g/mol. The second kappa shape index (κ2) is 4.02. The highest BCUT2D eigenvalue weighted by molar-refractivity contribution is 6.70. The maximum absolute atomic E-state index is 12.9. The zero-order valence-corrected chi connectivity index (χ0v) is 9.87. The van der Waals surface area contributed by atoms with E-state index in [9.17, 15) is 9.18 Å². The second-order valence-electron chi connectivity index (χ2n) is 4.16. The molecule has 0 bridgehead atoms. The van der Waals surface area contributed by atoms with E-state index in [2.05, 4.69) is 0 Å². The Kier molecular flexibility index (Phi) is 3.14. The Morgan fingerprint density at radius 3 is 2.47 bits per heavy atom. The molecule has 82 valence electrons. The zero-order chi connectivity index (χ0) is 11.6. The molecule has 0 aliphatic rings. The fraction of sp³-hybridized carbons (Fsp3) is 0.300. The van der Waals surface area contributed by atoms with Crippen molar-refractivity contribution in [2.24, 2.45) is 0 Å². The topological polar surface area (TPSA) is 46.5 Å². The molecule has 0 unspecified atom stereocenters. The zero-order valence-electron chi connectivity index (χ0n) is 8.87. The first-order chi connectivity index (χ1) is 6.79. The van der Waals surface area contributed by atoms with E-state index in [0.29, 0.717) is 0 Å². The number of hydrogen-bond donors (Lipinski definition) is 1. The van der Waals surface area contributed by atoms with Crippen LogP contribution in [0.25, 0.3) is 0 Å². The number of hydrogen-bond acceptors (Lipinski definition) is 2. The molecule has 0 atom stereocenters. The van der Waals surface area contributed by atoms with Gasteiger partial charge in [-0.15, -0.1) is 0 Å². The third-order valence-corrected chi connectivity index (χ3v) is 2.42. The number of carboxylic acid groups (broad SMARTS) is 1. The second-order valence-corrected chi connectivity index (χ2v) is 8.59. The summed E-state index contributed by atoms with van der Waals surface area (Å²) in [5.41, 5.74) is -0.00109. The summed E-state index contributed by atoms with van der Waals surface area (Å²) < 4.78 is 18.4. The third-order valence-electron chi connectivity index (χ3n) is 1.59. The van der Waals surface area contributed by atoms with Crippen LogP contribution in [-0.2, 0) is 0 Å². The van der Waals surface area contributed by atoms with E-state index in [0.717, 1.165) is 12.1 Å². The molecule has 5 heteroatoms. The summed E-state index contributed by atoms with van der Waals surface area (Å²) >= 11 is 0. The highest BCUT2D eigenvalue weighted by Crippen LogP contribution is 2.23. The molecular formula is C10H13FO3Si. The molecule has 0 aromatic heterocycles. The minimum absolute atomic E-state index is 0.00109. The van der Waals surface area contributed by atoms with Crippen LogP contribution < -0.4 is 4.43 Å². The number of aromatic carboxylic acids is 1. The first-order valence-corrected chi connectivity index (χ1v) is 7.92. The number of benzene rings is 1. The third kappa shape index (κ3) is 3.36. The first kappa shape index (κ1) is 11.7. The maximum atomic E-state index is 12.9. The Morgan fingerprint density at radius 1 is 1.40 bits per heavy atom. The number of carbonyl (C=O) groups is 1. The molecule has 0 amide bonds. The van der Waals surface area contributed by atoms with Gasteiger partial charge in [-0.2, -0.15) is 0 Å². The van der Waals surface area contributed by atoms with Crippen molar-refractivity contribution in [2.45, 2.75) is 19.6 Å². The lowest BCUT2D eigenvalue weighted by Gasteiger charge is -2.20. The highest BCUT2D eigenvalue weighted by atomic mass is 28.4. The van der Waals surface area contributed by atoms with Gasteiger partial charge >= 0.3 is 5.97 Å². The molecule has 0 heterocycles. The van der Waals surface area contributed by atoms with Gasteiger partial charge in [-0.05, 0) is 31.8 Å². The highest BCUT2D eigenvalue weighted by Gasteiger charge is 2.20. The Morgan fingerprint density at radius 2 is 2.00 bits per heavy atom. The fourth-order valence-corrected chi connectivity index (χ4v) is 1.92. The normalized spacial score (nSPS) is 11.2. The summed E-state index contributed by atoms with van der Waals surface area (Å²) in [5.74, 6) is -1.49. The quantitative estimate of drug-likeness (QED) is 0.809. The van der Waals surface area contributed by atoms with Crippen LogP contribution in [0.2, 0.25) is 19.6 Å². The summed E-state index contributed by atoms with van der Waals surface area (Å²) in [4.78, 5) is 10.8. The smallest absolute Gasteiger partial charge is 0.339 e. The average Bonchev–Trinajstić information content (AvgIpc) is 1.99. The van der Waals surface area contributed by atoms with Crippen LogP contribution in [-0.4, -0.2) is 19.4 Å². The number of halogens is 1. The van der Waals surface area contributed by atoms with Gasteiger partial charge in [-0.3, -0.25) is 0 Å². The molecule has 15 heavy (non-hydrogen) atoms. The minimum atomic E-state index is -1.93. The summed E-state index contributed by atoms with van der Waals surface area (Å²) in [7, 11) is -1.93. The van der Waals surface area contributed by atoms with Crippen molar-refractivity contribution < 1.29 is 18.7 Å². The summed E-state index contributed by atoms with van der Waals surface area (Å²) in [5, 5.41) is 8.87. The Hall–Kier alpha value is -1.36. The van der Waals surface area contributed by atoms with E-state index in [1.165, 1.54) is 6.07 Å². The average molecular weight is 228 g/mol. The number of rotatable bonds is 3. The van der Waals surface area contributed by atoms with Gasteiger partial charge in [0.25, 0.3) is 0 Å². The van der Waals surface area contributed by atoms with Gasteiger partial charge in [0.1, 0.15) is 17.1 Å². The van der Waals surface area contributed by atoms with Gasteiger partial charge in [0.15, 0.2) is 0 Å². The molecule has 0 spiro atoms. The molecule has 1 N–H and O–H groups in total. The summed E-state index contributed by atoms with van der Waals surface area (Å²) in [6.45, 7) is 5.72. The van der Waals surface area contributed by atoms with Gasteiger partial charge in [0.2, 0.25) is 8.32 Å². The van der Waals surface area contributed by atoms with Crippen molar-refractivity contribution in [3.05, 3.63) is 29.6 Å². The predicted molar refractivity (Wildman–Crippen MR) is 57.3 cm³/mol. The Bertz CT molecular complexity index is 385. The summed E-state index contributed by atoms with van der Waals surface area (Å²) in [6, 6.07) is 3.44. The van der Waals surface area contributed by atoms with E-state index < -0.39 is 20.1 Å². The van der Waals surface area contributed by atoms with Crippen LogP contribution in [0.3, 0.4) is 0 Å². The molecule has 1 rings (SSSR count). The molecular weight excluding hydrogens is 215 g/mol. The fourth-order valence-electron chi connectivity index (χ4n) is 1.09. The molecule has 0 fully saturated rings. The predicted octanol–water partition coefficient (Wildman–Crippen LogP) is 2.74. The van der Waals surface area contributed by atoms with E-state index in [1.807, 2.05) is 19.6 Å². The van der Waals surface area contributed by atoms with Gasteiger partial charge in [0, 0.05) is 6.07 Å². The van der Waals surface area contributed by atoms with Crippen LogP contribution in [0.4, 0.5) is 4.39 Å². The van der Waals surface area contributed by atoms with Crippen molar-refractivity contribution >= 4 is 14.3 Å². The van der Waals surface area contributed by atoms with Gasteiger partial charge in [-0.25, -0.2) is 9.18 Å². The molecule has 0 saturated heterocycles. The van der Waals surface area contributed by atoms with Crippen molar-refractivity contribution in [1.29, 1.82) is 0 Å². The lowest BCUT2D eigenvalue weighted by Crippen LogP contribution is -2.30. The van der Waals surface area contributed by atoms with Crippen LogP contribution in [0.15, 0.2) is 18.2 Å². The van der Waals surface area contributed by atoms with Gasteiger partial charge < -0.3 is 9.53 Å². The summed E-state index contributed by atoms with van der Waals surface area (Å²) in [6.07, 6.45) is 0. The minimum Gasteiger partial charge on any atom is -0.544 e. The van der Waals surface area contributed by atoms with Crippen molar-refractivity contribution in [3.63, 3.8) is 0 Å². The van der Waals surface area contributed by atoms with E-state index in [1.54, 1.807) is 0 Å². The van der Waals surface area contributed by atoms with Crippen LogP contribution in [0, 0.1) is 5.82 Å². The lowest BCUT2D eigenvalue weighted by atomic mass is 10.2. The molecule has 0 saturated carbocycles. The molecule has 3 nitrogen and oxygen atoms in total. The molecule has 0 radical (unpaired) electrons. The van der Waals surface area contributed by atoms with Crippen LogP contribution in [0.5, 0.6) is 5.75 Å². The van der Waals surface area contributed by atoms with Crippen LogP contribution >= 0.6 is 0 Å². The largest absolute Gasteiger partial charge is 0.544 e. The van der Waals surface area contributed by atoms with Crippen molar-refractivity contribution in [3.8, 4) is 5.75 Å². The molecule has 0 aliphatic carbocycles. The van der Waals surface area contributed by atoms with Crippen molar-refractivity contribution in [1.82, 2.24) is 0 Å².